The predicted octanol–water partition coefficient (Wildman–Crippen LogP) is 8.22. The summed E-state index contributed by atoms with van der Waals surface area (Å²) in [5.41, 5.74) is 0. The first-order valence-corrected chi connectivity index (χ1v) is 16.6. The molecule has 0 saturated heterocycles. The summed E-state index contributed by atoms with van der Waals surface area (Å²) in [6.07, 6.45) is 32.2. The maximum absolute atomic E-state index is 12.0. The van der Waals surface area contributed by atoms with Crippen molar-refractivity contribution in [2.75, 3.05) is 12.8 Å². The lowest BCUT2D eigenvalue weighted by Crippen LogP contribution is -2.46. The summed E-state index contributed by atoms with van der Waals surface area (Å²) in [6.45, 7) is 3.77. The van der Waals surface area contributed by atoms with Crippen LogP contribution in [0.4, 0.5) is 0 Å². The molecular weight excluding hydrogens is 463 g/mol. The Morgan fingerprint density at radius 2 is 1.06 bits per heavy atom. The summed E-state index contributed by atoms with van der Waals surface area (Å²) in [5.74, 6) is 1.10. The first-order chi connectivity index (χ1) is 17.6. The molecule has 1 atom stereocenters. The molecule has 1 aliphatic rings. The number of nitrogens with one attached hydrogen (secondary N) is 2. The van der Waals surface area contributed by atoms with Gasteiger partial charge in [0.1, 0.15) is 6.04 Å². The Labute approximate surface area is 229 Å². The quantitative estimate of drug-likeness (QED) is 0.262. The highest BCUT2D eigenvalue weighted by Crippen LogP contribution is 2.24. The molecule has 0 aromatic heterocycles. The second kappa shape index (κ2) is 24.7. The monoisotopic (exact) mass is 521 g/mol. The van der Waals surface area contributed by atoms with Crippen molar-refractivity contribution in [3.05, 3.63) is 0 Å². The van der Waals surface area contributed by atoms with Crippen LogP contribution in [0.5, 0.6) is 0 Å². The van der Waals surface area contributed by atoms with Gasteiger partial charge < -0.3 is 10.6 Å². The van der Waals surface area contributed by atoms with Gasteiger partial charge in [-0.1, -0.05) is 148 Å². The number of carbonyl (C=O) groups is 2. The van der Waals surface area contributed by atoms with Gasteiger partial charge in [-0.05, 0) is 5.92 Å². The number of amides is 2. The molecule has 0 bridgehead atoms. The van der Waals surface area contributed by atoms with Gasteiger partial charge in [0.15, 0.2) is 6.56 Å². The van der Waals surface area contributed by atoms with Crippen molar-refractivity contribution in [2.24, 2.45) is 5.92 Å². The maximum atomic E-state index is 12.0. The fourth-order valence-electron chi connectivity index (χ4n) is 5.40. The summed E-state index contributed by atoms with van der Waals surface area (Å²) in [6, 6.07) is -0.453. The van der Waals surface area contributed by atoms with Gasteiger partial charge in [-0.15, -0.1) is 0 Å². The minimum absolute atomic E-state index is 0.115. The molecule has 6 heteroatoms. The van der Waals surface area contributed by atoms with Crippen LogP contribution >= 0.6 is 11.6 Å². The van der Waals surface area contributed by atoms with E-state index in [0.717, 1.165) is 12.2 Å². The second-order valence-electron chi connectivity index (χ2n) is 11.1. The lowest BCUT2D eigenvalue weighted by Gasteiger charge is -2.18. The molecule has 209 valence electrons. The van der Waals surface area contributed by atoms with Crippen LogP contribution in [0.3, 0.4) is 0 Å². The van der Waals surface area contributed by atoms with Gasteiger partial charge in [-0.3, -0.25) is 9.59 Å². The third-order valence-electron chi connectivity index (χ3n) is 7.73. The van der Waals surface area contributed by atoms with Crippen molar-refractivity contribution in [1.29, 1.82) is 0 Å². The number of rotatable bonds is 7. The topological polar surface area (TPSA) is 58.2 Å². The molecule has 1 fully saturated rings. The average molecular weight is 522 g/mol. The smallest absolute Gasteiger partial charge is 0.243 e. The van der Waals surface area contributed by atoms with E-state index in [0.29, 0.717) is 5.75 Å². The Bertz CT molecular complexity index is 511. The van der Waals surface area contributed by atoms with E-state index < -0.39 is 6.04 Å². The Morgan fingerprint density at radius 3 is 1.39 bits per heavy atom. The molecule has 0 spiro atoms. The number of hydrogen-bond donors (Lipinski definition) is 2. The first kappa shape index (κ1) is 33.4. The molecule has 2 N–H and O–H groups in total. The Hall–Kier alpha value is -0.645. The number of hydrogen-bond acceptors (Lipinski definition) is 3. The van der Waals surface area contributed by atoms with Crippen LogP contribution in [0.25, 0.3) is 0 Å². The molecule has 0 unspecified atom stereocenters. The van der Waals surface area contributed by atoms with Crippen LogP contribution < -0.4 is 10.6 Å². The van der Waals surface area contributed by atoms with Crippen LogP contribution in [0.2, 0.25) is 6.32 Å². The number of likely N-dealkylation sites (N-methyl/N-ethyl adjacent to an activating group) is 1. The third-order valence-corrected chi connectivity index (χ3v) is 8.68. The Morgan fingerprint density at radius 1 is 0.694 bits per heavy atom. The molecule has 1 aliphatic carbocycles. The molecule has 4 nitrogen and oxygen atoms in total. The predicted molar refractivity (Wildman–Crippen MR) is 160 cm³/mol. The zero-order valence-electron chi connectivity index (χ0n) is 23.9. The van der Waals surface area contributed by atoms with Gasteiger partial charge in [0.25, 0.3) is 0 Å². The molecule has 1 radical (unpaired) electrons. The minimum atomic E-state index is -0.453. The Kier molecular flexibility index (Phi) is 22.9. The minimum Gasteiger partial charge on any atom is -0.357 e. The highest BCUT2D eigenvalue weighted by Gasteiger charge is 2.18. The Balaban J connectivity index is 2.37. The summed E-state index contributed by atoms with van der Waals surface area (Å²) in [5, 5.41) is 5.43. The summed E-state index contributed by atoms with van der Waals surface area (Å²) in [4.78, 5) is 23.5. The number of carbonyl (C=O) groups excluding carboxylic acids is 2. The molecule has 0 heterocycles. The summed E-state index contributed by atoms with van der Waals surface area (Å²) < 4.78 is 0. The van der Waals surface area contributed by atoms with Crippen molar-refractivity contribution in [3.63, 3.8) is 0 Å². The highest BCUT2D eigenvalue weighted by molar-refractivity contribution is 8.22. The largest absolute Gasteiger partial charge is 0.357 e. The molecule has 36 heavy (non-hydrogen) atoms. The van der Waals surface area contributed by atoms with Gasteiger partial charge in [-0.25, -0.2) is 11.6 Å². The lowest BCUT2D eigenvalue weighted by atomic mass is 9.82. The zero-order chi connectivity index (χ0) is 26.1. The van der Waals surface area contributed by atoms with E-state index in [-0.39, 0.29) is 11.8 Å². The van der Waals surface area contributed by atoms with E-state index in [2.05, 4.69) is 17.2 Å². The van der Waals surface area contributed by atoms with Gasteiger partial charge in [-0.2, -0.15) is 0 Å². The van der Waals surface area contributed by atoms with E-state index in [1.165, 1.54) is 148 Å². The fraction of sp³-hybridized carbons (Fsp3) is 0.933. The summed E-state index contributed by atoms with van der Waals surface area (Å²) in [7, 11) is 1.63. The van der Waals surface area contributed by atoms with Gasteiger partial charge in [0.05, 0.1) is 0 Å². The van der Waals surface area contributed by atoms with Gasteiger partial charge in [0, 0.05) is 19.7 Å². The second-order valence-corrected chi connectivity index (χ2v) is 12.1. The van der Waals surface area contributed by atoms with Crippen LogP contribution in [-0.2, 0) is 9.59 Å². The molecule has 1 rings (SSSR count). The molecular formula is C30H58BN2O2S. The van der Waals surface area contributed by atoms with Crippen LogP contribution in [0.1, 0.15) is 148 Å². The molecule has 0 aromatic rings. The SMILES string of the molecule is CNC(=O)[C@H](CS[B]CC1CCCCCCCCCCCCCCCCCCCCCC1)NC(C)=O. The van der Waals surface area contributed by atoms with Gasteiger partial charge in [0.2, 0.25) is 11.8 Å². The fourth-order valence-corrected chi connectivity index (χ4v) is 6.37. The molecule has 0 aromatic carbocycles. The van der Waals surface area contributed by atoms with Crippen molar-refractivity contribution >= 4 is 30.0 Å². The average Bonchev–Trinajstić information content (AvgIpc) is 2.86. The third kappa shape index (κ3) is 20.4. The van der Waals surface area contributed by atoms with Crippen LogP contribution in [-0.4, -0.2) is 37.2 Å². The van der Waals surface area contributed by atoms with E-state index in [1.807, 2.05) is 0 Å². The van der Waals surface area contributed by atoms with E-state index in [4.69, 9.17) is 0 Å². The maximum Gasteiger partial charge on any atom is 0.243 e. The van der Waals surface area contributed by atoms with Crippen molar-refractivity contribution in [3.8, 4) is 0 Å². The van der Waals surface area contributed by atoms with Crippen LogP contribution in [0.15, 0.2) is 0 Å². The van der Waals surface area contributed by atoms with Crippen molar-refractivity contribution in [1.82, 2.24) is 10.6 Å². The highest BCUT2D eigenvalue weighted by atomic mass is 32.2. The van der Waals surface area contributed by atoms with Crippen LogP contribution in [0, 0.1) is 5.92 Å². The summed E-state index contributed by atoms with van der Waals surface area (Å²) >= 11 is 1.69. The van der Waals surface area contributed by atoms with Crippen molar-refractivity contribution in [2.45, 2.75) is 161 Å². The van der Waals surface area contributed by atoms with E-state index >= 15 is 0 Å². The lowest BCUT2D eigenvalue weighted by molar-refractivity contribution is -0.127. The zero-order valence-corrected chi connectivity index (χ0v) is 24.7. The first-order valence-electron chi connectivity index (χ1n) is 15.6. The van der Waals surface area contributed by atoms with Crippen molar-refractivity contribution < 1.29 is 9.59 Å². The normalized spacial score (nSPS) is 20.6. The molecule has 1 saturated carbocycles. The van der Waals surface area contributed by atoms with E-state index in [1.54, 1.807) is 18.7 Å². The van der Waals surface area contributed by atoms with E-state index in [9.17, 15) is 9.59 Å². The molecule has 0 aliphatic heterocycles. The standard InChI is InChI=1S/C30H58BN2O2S/c1-27(34)33-29(30(35)32-2)26-36-31-25-28-23-21-19-17-15-13-11-9-7-5-3-4-6-8-10-12-14-16-18-20-22-24-28/h28-29H,3-26H2,1-2H3,(H,32,35)(H,33,34)/t29-/m0/s1. The van der Waals surface area contributed by atoms with Gasteiger partial charge >= 0.3 is 0 Å². The molecule has 2 amide bonds.